The first-order valence-electron chi connectivity index (χ1n) is 8.53. The maximum absolute atomic E-state index is 3.66. The zero-order valence-electron chi connectivity index (χ0n) is 14.2. The molecule has 1 aromatic rings. The molecule has 2 heteroatoms. The van der Waals surface area contributed by atoms with E-state index in [2.05, 4.69) is 68.2 Å². The highest BCUT2D eigenvalue weighted by Crippen LogP contribution is 2.30. The van der Waals surface area contributed by atoms with Crippen LogP contribution in [0.25, 0.3) is 0 Å². The van der Waals surface area contributed by atoms with Gasteiger partial charge in [0.25, 0.3) is 0 Å². The Morgan fingerprint density at radius 1 is 1.29 bits per heavy atom. The number of hydrogen-bond acceptors (Lipinski definition) is 2. The van der Waals surface area contributed by atoms with E-state index in [1.165, 1.54) is 38.0 Å². The summed E-state index contributed by atoms with van der Waals surface area (Å²) in [7, 11) is 0. The lowest BCUT2D eigenvalue weighted by Crippen LogP contribution is -2.46. The summed E-state index contributed by atoms with van der Waals surface area (Å²) < 4.78 is 0. The minimum atomic E-state index is 0.320. The molecule has 0 saturated carbocycles. The van der Waals surface area contributed by atoms with Gasteiger partial charge in [0.2, 0.25) is 0 Å². The molecular weight excluding hydrogens is 256 g/mol. The number of rotatable bonds is 7. The van der Waals surface area contributed by atoms with Crippen LogP contribution in [0.1, 0.15) is 52.0 Å². The summed E-state index contributed by atoms with van der Waals surface area (Å²) in [5.41, 5.74) is 1.83. The normalized spacial score (nSPS) is 21.6. The lowest BCUT2D eigenvalue weighted by atomic mass is 9.84. The highest BCUT2D eigenvalue weighted by atomic mass is 15.2. The van der Waals surface area contributed by atoms with Crippen molar-refractivity contribution in [2.45, 2.75) is 52.5 Å². The van der Waals surface area contributed by atoms with Gasteiger partial charge in [0, 0.05) is 19.1 Å². The third kappa shape index (κ3) is 4.55. The minimum absolute atomic E-state index is 0.320. The van der Waals surface area contributed by atoms with Crippen LogP contribution < -0.4 is 5.32 Å². The first-order valence-corrected chi connectivity index (χ1v) is 8.53. The van der Waals surface area contributed by atoms with Gasteiger partial charge < -0.3 is 10.2 Å². The average molecular weight is 288 g/mol. The van der Waals surface area contributed by atoms with E-state index < -0.39 is 0 Å². The first kappa shape index (κ1) is 16.5. The summed E-state index contributed by atoms with van der Waals surface area (Å²) in [6.07, 6.45) is 2.51. The van der Waals surface area contributed by atoms with E-state index in [9.17, 15) is 0 Å². The van der Waals surface area contributed by atoms with Crippen LogP contribution in [0.3, 0.4) is 0 Å². The molecule has 2 rings (SSSR count). The molecule has 1 saturated heterocycles. The summed E-state index contributed by atoms with van der Waals surface area (Å²) in [5.74, 6) is 0.723. The van der Waals surface area contributed by atoms with Crippen LogP contribution in [0, 0.1) is 5.41 Å². The third-order valence-corrected chi connectivity index (χ3v) is 5.05. The molecule has 1 aliphatic rings. The van der Waals surface area contributed by atoms with Crippen molar-refractivity contribution in [2.24, 2.45) is 5.41 Å². The predicted octanol–water partition coefficient (Wildman–Crippen LogP) is 3.89. The second kappa shape index (κ2) is 7.42. The Kier molecular flexibility index (Phi) is 5.83. The fourth-order valence-electron chi connectivity index (χ4n) is 3.32. The van der Waals surface area contributed by atoms with Crippen molar-refractivity contribution in [3.63, 3.8) is 0 Å². The van der Waals surface area contributed by atoms with Crippen LogP contribution in [-0.2, 0) is 0 Å². The lowest BCUT2D eigenvalue weighted by Gasteiger charge is -2.36. The molecule has 1 heterocycles. The van der Waals surface area contributed by atoms with Gasteiger partial charge >= 0.3 is 0 Å². The predicted molar refractivity (Wildman–Crippen MR) is 91.8 cm³/mol. The van der Waals surface area contributed by atoms with Gasteiger partial charge in [-0.15, -0.1) is 0 Å². The monoisotopic (exact) mass is 288 g/mol. The maximum Gasteiger partial charge on any atom is 0.0102 e. The van der Waals surface area contributed by atoms with E-state index in [-0.39, 0.29) is 0 Å². The van der Waals surface area contributed by atoms with Crippen molar-refractivity contribution in [2.75, 3.05) is 26.2 Å². The quantitative estimate of drug-likeness (QED) is 0.819. The second-order valence-corrected chi connectivity index (χ2v) is 7.30. The van der Waals surface area contributed by atoms with Crippen LogP contribution in [0.15, 0.2) is 30.3 Å². The van der Waals surface area contributed by atoms with Crippen molar-refractivity contribution < 1.29 is 0 Å². The molecule has 2 atom stereocenters. The van der Waals surface area contributed by atoms with Crippen LogP contribution in [0.2, 0.25) is 0 Å². The average Bonchev–Trinajstić information content (AvgIpc) is 2.93. The summed E-state index contributed by atoms with van der Waals surface area (Å²) in [4.78, 5) is 2.65. The summed E-state index contributed by atoms with van der Waals surface area (Å²) in [6.45, 7) is 14.1. The van der Waals surface area contributed by atoms with Crippen LogP contribution in [0.4, 0.5) is 0 Å². The van der Waals surface area contributed by atoms with Gasteiger partial charge in [0.1, 0.15) is 0 Å². The van der Waals surface area contributed by atoms with Crippen molar-refractivity contribution in [3.05, 3.63) is 35.9 Å². The second-order valence-electron chi connectivity index (χ2n) is 7.30. The maximum atomic E-state index is 3.66. The zero-order valence-corrected chi connectivity index (χ0v) is 14.2. The molecule has 0 spiro atoms. The fourth-order valence-corrected chi connectivity index (χ4v) is 3.32. The van der Waals surface area contributed by atoms with Gasteiger partial charge in [-0.2, -0.15) is 0 Å². The number of benzene rings is 1. The number of hydrogen-bond donors (Lipinski definition) is 1. The fraction of sp³-hybridized carbons (Fsp3) is 0.684. The van der Waals surface area contributed by atoms with E-state index in [4.69, 9.17) is 0 Å². The van der Waals surface area contributed by atoms with Crippen molar-refractivity contribution >= 4 is 0 Å². The van der Waals surface area contributed by atoms with Gasteiger partial charge in [0.15, 0.2) is 0 Å². The Balaban J connectivity index is 1.87. The number of nitrogens with zero attached hydrogens (tertiary/aromatic N) is 1. The smallest absolute Gasteiger partial charge is 0.0102 e. The highest BCUT2D eigenvalue weighted by molar-refractivity contribution is 5.21. The van der Waals surface area contributed by atoms with Gasteiger partial charge in [-0.1, -0.05) is 51.1 Å². The molecule has 1 fully saturated rings. The molecule has 0 radical (unpaired) electrons. The van der Waals surface area contributed by atoms with E-state index in [0.29, 0.717) is 11.5 Å². The van der Waals surface area contributed by atoms with Gasteiger partial charge in [-0.25, -0.2) is 0 Å². The Bertz CT molecular complexity index is 413. The molecule has 0 bridgehead atoms. The van der Waals surface area contributed by atoms with Crippen LogP contribution in [0.5, 0.6) is 0 Å². The standard InChI is InChI=1S/C19H32N2/c1-5-12-20-16(2)19(3,4)15-21-13-11-18(14-21)17-9-7-6-8-10-17/h6-10,16,18,20H,5,11-15H2,1-4H3. The molecule has 0 aliphatic carbocycles. The molecular formula is C19H32N2. The van der Waals surface area contributed by atoms with Crippen molar-refractivity contribution in [3.8, 4) is 0 Å². The van der Waals surface area contributed by atoms with Crippen LogP contribution >= 0.6 is 0 Å². The molecule has 1 aromatic carbocycles. The minimum Gasteiger partial charge on any atom is -0.314 e. The largest absolute Gasteiger partial charge is 0.314 e. The topological polar surface area (TPSA) is 15.3 Å². The summed E-state index contributed by atoms with van der Waals surface area (Å²) in [5, 5.41) is 3.66. The van der Waals surface area contributed by atoms with E-state index in [1.54, 1.807) is 0 Å². The Morgan fingerprint density at radius 2 is 2.00 bits per heavy atom. The SMILES string of the molecule is CCCNC(C)C(C)(C)CN1CCC(c2ccccc2)C1. The van der Waals surface area contributed by atoms with E-state index in [0.717, 1.165) is 12.5 Å². The Labute approximate surface area is 130 Å². The molecule has 2 unspecified atom stereocenters. The van der Waals surface area contributed by atoms with Gasteiger partial charge in [0.05, 0.1) is 0 Å². The molecule has 2 nitrogen and oxygen atoms in total. The van der Waals surface area contributed by atoms with E-state index in [1.807, 2.05) is 0 Å². The van der Waals surface area contributed by atoms with E-state index >= 15 is 0 Å². The third-order valence-electron chi connectivity index (χ3n) is 5.05. The van der Waals surface area contributed by atoms with Crippen molar-refractivity contribution in [1.82, 2.24) is 10.2 Å². The molecule has 1 N–H and O–H groups in total. The molecule has 21 heavy (non-hydrogen) atoms. The highest BCUT2D eigenvalue weighted by Gasteiger charge is 2.31. The zero-order chi connectivity index (χ0) is 15.3. The van der Waals surface area contributed by atoms with Crippen molar-refractivity contribution in [1.29, 1.82) is 0 Å². The molecule has 118 valence electrons. The lowest BCUT2D eigenvalue weighted by molar-refractivity contribution is 0.163. The Morgan fingerprint density at radius 3 is 2.67 bits per heavy atom. The first-order chi connectivity index (χ1) is 10.0. The molecule has 1 aliphatic heterocycles. The Hall–Kier alpha value is -0.860. The summed E-state index contributed by atoms with van der Waals surface area (Å²) >= 11 is 0. The number of nitrogens with one attached hydrogen (secondary N) is 1. The van der Waals surface area contributed by atoms with Gasteiger partial charge in [-0.05, 0) is 49.8 Å². The molecule has 0 aromatic heterocycles. The summed E-state index contributed by atoms with van der Waals surface area (Å²) in [6, 6.07) is 11.6. The number of likely N-dealkylation sites (tertiary alicyclic amines) is 1. The van der Waals surface area contributed by atoms with Crippen LogP contribution in [-0.4, -0.2) is 37.1 Å². The van der Waals surface area contributed by atoms with Gasteiger partial charge in [-0.3, -0.25) is 0 Å². The molecule has 0 amide bonds.